The number of carbonyl (C=O) groups is 3. The molecule has 176 valence electrons. The van der Waals surface area contributed by atoms with Crippen LogP contribution >= 0.6 is 0 Å². The van der Waals surface area contributed by atoms with E-state index in [9.17, 15) is 29.6 Å². The maximum Gasteiger partial charge on any atom is 0.326 e. The van der Waals surface area contributed by atoms with Crippen molar-refractivity contribution in [2.75, 3.05) is 19.8 Å². The van der Waals surface area contributed by atoms with E-state index in [0.29, 0.717) is 32.2 Å². The molecule has 1 aromatic rings. The minimum absolute atomic E-state index is 0.0638. The fraction of sp³-hybridized carbons (Fsp3) is 0.571. The highest BCUT2D eigenvalue weighted by Gasteiger charge is 2.37. The van der Waals surface area contributed by atoms with Crippen molar-refractivity contribution in [3.8, 4) is 0 Å². The zero-order chi connectivity index (χ0) is 23.5. The van der Waals surface area contributed by atoms with Gasteiger partial charge in [-0.15, -0.1) is 10.1 Å². The van der Waals surface area contributed by atoms with E-state index in [4.69, 9.17) is 4.74 Å². The van der Waals surface area contributed by atoms with Gasteiger partial charge in [0.15, 0.2) is 0 Å². The maximum atomic E-state index is 12.8. The molecule has 0 unspecified atom stereocenters. The molecular formula is C21H29N3O8. The molecule has 1 amide bonds. The Hall–Kier alpha value is -3.21. The van der Waals surface area contributed by atoms with Crippen LogP contribution in [-0.4, -0.2) is 70.8 Å². The predicted molar refractivity (Wildman–Crippen MR) is 112 cm³/mol. The lowest BCUT2D eigenvalue weighted by atomic mass is 10.0. The number of nitrogens with zero attached hydrogens (tertiary/aromatic N) is 2. The van der Waals surface area contributed by atoms with Crippen LogP contribution in [0.4, 0.5) is 0 Å². The van der Waals surface area contributed by atoms with Crippen LogP contribution in [0.5, 0.6) is 0 Å². The van der Waals surface area contributed by atoms with E-state index >= 15 is 0 Å². The number of amides is 1. The number of benzene rings is 1. The van der Waals surface area contributed by atoms with E-state index in [1.54, 1.807) is 6.92 Å². The molecule has 2 N–H and O–H groups in total. The van der Waals surface area contributed by atoms with Crippen molar-refractivity contribution in [2.45, 2.75) is 57.2 Å². The molecule has 1 heterocycles. The number of carbonyl (C=O) groups excluding carboxylic acids is 2. The van der Waals surface area contributed by atoms with Crippen molar-refractivity contribution in [2.24, 2.45) is 0 Å². The number of rotatable bonds is 13. The van der Waals surface area contributed by atoms with Gasteiger partial charge in [-0.2, -0.15) is 0 Å². The van der Waals surface area contributed by atoms with E-state index in [0.717, 1.165) is 5.56 Å². The molecule has 1 aliphatic heterocycles. The summed E-state index contributed by atoms with van der Waals surface area (Å²) in [5.74, 6) is -2.01. The SMILES string of the molecule is C[C@H](N[C@@H](CCc1ccccc1)C(=O)OCCCO[N+](=O)[O-])C(=O)N1CCC[C@H]1C(=O)O. The van der Waals surface area contributed by atoms with Gasteiger partial charge in [0.1, 0.15) is 12.1 Å². The molecule has 0 aliphatic carbocycles. The van der Waals surface area contributed by atoms with E-state index in [1.165, 1.54) is 4.90 Å². The third-order valence-corrected chi connectivity index (χ3v) is 5.22. The summed E-state index contributed by atoms with van der Waals surface area (Å²) >= 11 is 0. The molecule has 0 aromatic heterocycles. The molecule has 1 aromatic carbocycles. The molecule has 1 saturated heterocycles. The van der Waals surface area contributed by atoms with Gasteiger partial charge in [0, 0.05) is 13.0 Å². The van der Waals surface area contributed by atoms with Crippen LogP contribution in [0.1, 0.15) is 38.2 Å². The molecule has 2 rings (SSSR count). The van der Waals surface area contributed by atoms with Gasteiger partial charge < -0.3 is 19.6 Å². The van der Waals surface area contributed by atoms with Crippen LogP contribution in [0.15, 0.2) is 30.3 Å². The Labute approximate surface area is 185 Å². The number of esters is 1. The summed E-state index contributed by atoms with van der Waals surface area (Å²) in [6, 6.07) is 7.05. The average Bonchev–Trinajstić information content (AvgIpc) is 3.26. The molecule has 1 fully saturated rings. The molecular weight excluding hydrogens is 422 g/mol. The summed E-state index contributed by atoms with van der Waals surface area (Å²) in [7, 11) is 0. The van der Waals surface area contributed by atoms with Gasteiger partial charge in [-0.05, 0) is 38.2 Å². The number of carboxylic acid groups (broad SMARTS) is 1. The smallest absolute Gasteiger partial charge is 0.326 e. The van der Waals surface area contributed by atoms with Crippen LogP contribution in [0.25, 0.3) is 0 Å². The van der Waals surface area contributed by atoms with Crippen molar-refractivity contribution in [1.82, 2.24) is 10.2 Å². The summed E-state index contributed by atoms with van der Waals surface area (Å²) in [6.45, 7) is 1.69. The van der Waals surface area contributed by atoms with Crippen molar-refractivity contribution >= 4 is 17.8 Å². The molecule has 0 saturated carbocycles. The Bertz CT molecular complexity index is 789. The second-order valence-corrected chi connectivity index (χ2v) is 7.57. The third-order valence-electron chi connectivity index (χ3n) is 5.22. The third kappa shape index (κ3) is 7.80. The summed E-state index contributed by atoms with van der Waals surface area (Å²) in [5, 5.41) is 21.6. The van der Waals surface area contributed by atoms with Crippen LogP contribution in [0.2, 0.25) is 0 Å². The monoisotopic (exact) mass is 451 g/mol. The highest BCUT2D eigenvalue weighted by Crippen LogP contribution is 2.19. The quantitative estimate of drug-likeness (QED) is 0.195. The Kier molecular flexibility index (Phi) is 9.86. The molecule has 0 radical (unpaired) electrons. The van der Waals surface area contributed by atoms with E-state index < -0.39 is 35.2 Å². The highest BCUT2D eigenvalue weighted by atomic mass is 16.9. The number of carboxylic acids is 1. The first kappa shape index (κ1) is 25.1. The number of hydrogen-bond donors (Lipinski definition) is 2. The Morgan fingerprint density at radius 3 is 2.66 bits per heavy atom. The number of aryl methyl sites for hydroxylation is 1. The molecule has 1 aliphatic rings. The lowest BCUT2D eigenvalue weighted by Crippen LogP contribution is -2.53. The van der Waals surface area contributed by atoms with Gasteiger partial charge in [0.25, 0.3) is 5.09 Å². The summed E-state index contributed by atoms with van der Waals surface area (Å²) in [5.41, 5.74) is 1.01. The topological polar surface area (TPSA) is 148 Å². The molecule has 0 bridgehead atoms. The molecule has 11 heteroatoms. The van der Waals surface area contributed by atoms with Crippen LogP contribution < -0.4 is 5.32 Å². The first-order valence-corrected chi connectivity index (χ1v) is 10.6. The van der Waals surface area contributed by atoms with E-state index in [-0.39, 0.29) is 25.5 Å². The molecule has 11 nitrogen and oxygen atoms in total. The largest absolute Gasteiger partial charge is 0.480 e. The lowest BCUT2D eigenvalue weighted by molar-refractivity contribution is -0.757. The highest BCUT2D eigenvalue weighted by molar-refractivity contribution is 5.88. The van der Waals surface area contributed by atoms with E-state index in [1.807, 2.05) is 30.3 Å². The Morgan fingerprint density at radius 1 is 1.28 bits per heavy atom. The number of nitrogens with one attached hydrogen (secondary N) is 1. The molecule has 32 heavy (non-hydrogen) atoms. The van der Waals surface area contributed by atoms with Gasteiger partial charge >= 0.3 is 11.9 Å². The first-order chi connectivity index (χ1) is 15.3. The maximum absolute atomic E-state index is 12.8. The first-order valence-electron chi connectivity index (χ1n) is 10.6. The Morgan fingerprint density at radius 2 is 2.00 bits per heavy atom. The number of likely N-dealkylation sites (tertiary alicyclic amines) is 1. The predicted octanol–water partition coefficient (Wildman–Crippen LogP) is 1.18. The van der Waals surface area contributed by atoms with Gasteiger partial charge in [-0.25, -0.2) is 4.79 Å². The standard InChI is InChI=1S/C21H29N3O8/c1-15(19(25)23-12-5-9-18(23)20(26)27)22-17(11-10-16-7-3-2-4-8-16)21(28)31-13-6-14-32-24(29)30/h2-4,7-8,15,17-18,22H,5-6,9-14H2,1H3,(H,26,27)/t15-,17-,18-/m0/s1. The molecule has 3 atom stereocenters. The summed E-state index contributed by atoms with van der Waals surface area (Å²) < 4.78 is 5.22. The summed E-state index contributed by atoms with van der Waals surface area (Å²) in [4.78, 5) is 52.6. The lowest BCUT2D eigenvalue weighted by Gasteiger charge is -2.28. The summed E-state index contributed by atoms with van der Waals surface area (Å²) in [6.07, 6.45) is 2.08. The Balaban J connectivity index is 1.97. The van der Waals surface area contributed by atoms with Crippen molar-refractivity contribution in [3.63, 3.8) is 0 Å². The van der Waals surface area contributed by atoms with Crippen molar-refractivity contribution in [3.05, 3.63) is 46.0 Å². The fourth-order valence-corrected chi connectivity index (χ4v) is 3.61. The van der Waals surface area contributed by atoms with Crippen molar-refractivity contribution in [1.29, 1.82) is 0 Å². The zero-order valence-electron chi connectivity index (χ0n) is 18.0. The van der Waals surface area contributed by atoms with Gasteiger partial charge in [0.2, 0.25) is 5.91 Å². The van der Waals surface area contributed by atoms with Crippen LogP contribution in [-0.2, 0) is 30.4 Å². The second-order valence-electron chi connectivity index (χ2n) is 7.57. The van der Waals surface area contributed by atoms with Gasteiger partial charge in [-0.1, -0.05) is 30.3 Å². The van der Waals surface area contributed by atoms with Crippen LogP contribution in [0, 0.1) is 10.1 Å². The average molecular weight is 451 g/mol. The molecule has 0 spiro atoms. The number of aliphatic carboxylic acids is 1. The van der Waals surface area contributed by atoms with Crippen LogP contribution in [0.3, 0.4) is 0 Å². The fourth-order valence-electron chi connectivity index (χ4n) is 3.61. The minimum atomic E-state index is -1.04. The van der Waals surface area contributed by atoms with Gasteiger partial charge in [0.05, 0.1) is 19.3 Å². The second kappa shape index (κ2) is 12.6. The minimum Gasteiger partial charge on any atom is -0.480 e. The van der Waals surface area contributed by atoms with E-state index in [2.05, 4.69) is 10.2 Å². The van der Waals surface area contributed by atoms with Crippen molar-refractivity contribution < 1.29 is 34.2 Å². The van der Waals surface area contributed by atoms with Gasteiger partial charge in [-0.3, -0.25) is 14.9 Å². The number of hydrogen-bond acceptors (Lipinski definition) is 8. The number of ether oxygens (including phenoxy) is 1. The zero-order valence-corrected chi connectivity index (χ0v) is 18.0. The normalized spacial score (nSPS) is 17.4.